The standard InChI is InChI=1S/C13H21NO3/c1-3-4-5-12(16)13(14)10-8-9(17-2)6-7-11(10)15/h6-8,12-13,15-16H,3-5,14H2,1-2H3/t12-,13+/m0/s1. The van der Waals surface area contributed by atoms with Crippen LogP contribution >= 0.6 is 0 Å². The SMILES string of the molecule is CCCC[C@H](O)[C@H](N)c1cc(OC)ccc1O. The molecule has 0 aromatic heterocycles. The molecule has 0 fully saturated rings. The summed E-state index contributed by atoms with van der Waals surface area (Å²) in [6.07, 6.45) is 1.91. The first-order valence-corrected chi connectivity index (χ1v) is 5.90. The molecule has 0 amide bonds. The van der Waals surface area contributed by atoms with Crippen LogP contribution in [-0.4, -0.2) is 23.4 Å². The minimum atomic E-state index is -0.645. The van der Waals surface area contributed by atoms with Crippen LogP contribution in [0, 0.1) is 0 Å². The average Bonchev–Trinajstić information content (AvgIpc) is 2.35. The van der Waals surface area contributed by atoms with Crippen LogP contribution in [0.4, 0.5) is 0 Å². The molecule has 1 rings (SSSR count). The summed E-state index contributed by atoms with van der Waals surface area (Å²) in [4.78, 5) is 0. The smallest absolute Gasteiger partial charge is 0.120 e. The Morgan fingerprint density at radius 1 is 1.41 bits per heavy atom. The monoisotopic (exact) mass is 239 g/mol. The molecule has 0 bridgehead atoms. The molecule has 1 aromatic rings. The lowest BCUT2D eigenvalue weighted by Crippen LogP contribution is -2.26. The van der Waals surface area contributed by atoms with Gasteiger partial charge in [-0.3, -0.25) is 0 Å². The molecule has 0 aliphatic heterocycles. The zero-order chi connectivity index (χ0) is 12.8. The van der Waals surface area contributed by atoms with Gasteiger partial charge in [-0.2, -0.15) is 0 Å². The summed E-state index contributed by atoms with van der Waals surface area (Å²) < 4.78 is 5.07. The molecule has 2 atom stereocenters. The van der Waals surface area contributed by atoms with Gasteiger partial charge in [0.1, 0.15) is 11.5 Å². The van der Waals surface area contributed by atoms with Gasteiger partial charge in [-0.25, -0.2) is 0 Å². The quantitative estimate of drug-likeness (QED) is 0.709. The molecule has 96 valence electrons. The van der Waals surface area contributed by atoms with Gasteiger partial charge in [0.25, 0.3) is 0 Å². The maximum Gasteiger partial charge on any atom is 0.120 e. The number of phenols is 1. The number of ether oxygens (including phenoxy) is 1. The van der Waals surface area contributed by atoms with Gasteiger partial charge >= 0.3 is 0 Å². The third kappa shape index (κ3) is 3.61. The normalized spacial score (nSPS) is 14.4. The molecule has 0 radical (unpaired) electrons. The summed E-state index contributed by atoms with van der Waals surface area (Å²) >= 11 is 0. The van der Waals surface area contributed by atoms with Crippen molar-refractivity contribution in [1.29, 1.82) is 0 Å². The largest absolute Gasteiger partial charge is 0.508 e. The molecule has 1 aromatic carbocycles. The molecule has 0 heterocycles. The van der Waals surface area contributed by atoms with Crippen molar-refractivity contribution >= 4 is 0 Å². The third-order valence-corrected chi connectivity index (χ3v) is 2.86. The van der Waals surface area contributed by atoms with Gasteiger partial charge < -0.3 is 20.7 Å². The summed E-state index contributed by atoms with van der Waals surface area (Å²) in [5, 5.41) is 19.6. The van der Waals surface area contributed by atoms with Crippen molar-refractivity contribution in [1.82, 2.24) is 0 Å². The third-order valence-electron chi connectivity index (χ3n) is 2.86. The molecule has 4 N–H and O–H groups in total. The van der Waals surface area contributed by atoms with Crippen molar-refractivity contribution in [2.45, 2.75) is 38.3 Å². The number of aliphatic hydroxyl groups excluding tert-OH is 1. The van der Waals surface area contributed by atoms with E-state index in [4.69, 9.17) is 10.5 Å². The summed E-state index contributed by atoms with van der Waals surface area (Å²) in [5.41, 5.74) is 6.46. The number of nitrogens with two attached hydrogens (primary N) is 1. The second-order valence-corrected chi connectivity index (χ2v) is 4.16. The second kappa shape index (κ2) is 6.47. The molecule has 17 heavy (non-hydrogen) atoms. The highest BCUT2D eigenvalue weighted by Gasteiger charge is 2.19. The van der Waals surface area contributed by atoms with Crippen LogP contribution in [0.1, 0.15) is 37.8 Å². The molecule has 0 aliphatic rings. The van der Waals surface area contributed by atoms with Gasteiger partial charge in [-0.1, -0.05) is 19.8 Å². The second-order valence-electron chi connectivity index (χ2n) is 4.16. The van der Waals surface area contributed by atoms with Crippen molar-refractivity contribution in [3.8, 4) is 11.5 Å². The van der Waals surface area contributed by atoms with Gasteiger partial charge in [-0.05, 0) is 24.6 Å². The van der Waals surface area contributed by atoms with E-state index < -0.39 is 12.1 Å². The summed E-state index contributed by atoms with van der Waals surface area (Å²) in [7, 11) is 1.55. The molecule has 4 nitrogen and oxygen atoms in total. The Hall–Kier alpha value is -1.26. The Morgan fingerprint density at radius 3 is 2.71 bits per heavy atom. The fourth-order valence-electron chi connectivity index (χ4n) is 1.73. The van der Waals surface area contributed by atoms with E-state index in [2.05, 4.69) is 6.92 Å². The minimum Gasteiger partial charge on any atom is -0.508 e. The van der Waals surface area contributed by atoms with Crippen LogP contribution in [0.25, 0.3) is 0 Å². The predicted octanol–water partition coefficient (Wildman–Crippen LogP) is 1.95. The topological polar surface area (TPSA) is 75.7 Å². The van der Waals surface area contributed by atoms with Gasteiger partial charge in [0.15, 0.2) is 0 Å². The lowest BCUT2D eigenvalue weighted by Gasteiger charge is -2.20. The Balaban J connectivity index is 2.82. The number of phenolic OH excluding ortho intramolecular Hbond substituents is 1. The van der Waals surface area contributed by atoms with Crippen molar-refractivity contribution in [3.05, 3.63) is 23.8 Å². The number of aliphatic hydroxyl groups is 1. The maximum absolute atomic E-state index is 9.91. The van der Waals surface area contributed by atoms with Gasteiger partial charge in [0, 0.05) is 5.56 Å². The van der Waals surface area contributed by atoms with Crippen LogP contribution in [0.2, 0.25) is 0 Å². The van der Waals surface area contributed by atoms with Crippen LogP contribution in [0.3, 0.4) is 0 Å². The highest BCUT2D eigenvalue weighted by atomic mass is 16.5. The lowest BCUT2D eigenvalue weighted by atomic mass is 9.97. The van der Waals surface area contributed by atoms with E-state index in [1.54, 1.807) is 19.2 Å². The van der Waals surface area contributed by atoms with Crippen LogP contribution in [0.15, 0.2) is 18.2 Å². The van der Waals surface area contributed by atoms with Crippen molar-refractivity contribution < 1.29 is 14.9 Å². The Labute approximate surface area is 102 Å². The lowest BCUT2D eigenvalue weighted by molar-refractivity contribution is 0.131. The average molecular weight is 239 g/mol. The fraction of sp³-hybridized carbons (Fsp3) is 0.538. The fourth-order valence-corrected chi connectivity index (χ4v) is 1.73. The molecule has 0 saturated carbocycles. The van der Waals surface area contributed by atoms with E-state index in [9.17, 15) is 10.2 Å². The molecule has 0 unspecified atom stereocenters. The van der Waals surface area contributed by atoms with Crippen molar-refractivity contribution in [2.75, 3.05) is 7.11 Å². The first kappa shape index (κ1) is 13.8. The molecule has 4 heteroatoms. The van der Waals surface area contributed by atoms with Crippen molar-refractivity contribution in [3.63, 3.8) is 0 Å². The first-order chi connectivity index (χ1) is 8.10. The zero-order valence-electron chi connectivity index (χ0n) is 10.4. The highest BCUT2D eigenvalue weighted by Crippen LogP contribution is 2.30. The van der Waals surface area contributed by atoms with Gasteiger partial charge in [0.05, 0.1) is 19.3 Å². The molecule has 0 spiro atoms. The number of unbranched alkanes of at least 4 members (excludes halogenated alkanes) is 1. The molecular weight excluding hydrogens is 218 g/mol. The van der Waals surface area contributed by atoms with Crippen LogP contribution < -0.4 is 10.5 Å². The van der Waals surface area contributed by atoms with Crippen LogP contribution in [-0.2, 0) is 0 Å². The number of methoxy groups -OCH3 is 1. The Kier molecular flexibility index (Phi) is 5.25. The van der Waals surface area contributed by atoms with Gasteiger partial charge in [0.2, 0.25) is 0 Å². The summed E-state index contributed by atoms with van der Waals surface area (Å²) in [6, 6.07) is 4.26. The number of rotatable bonds is 6. The van der Waals surface area contributed by atoms with E-state index in [0.717, 1.165) is 12.8 Å². The maximum atomic E-state index is 9.91. The zero-order valence-corrected chi connectivity index (χ0v) is 10.4. The predicted molar refractivity (Wildman–Crippen MR) is 67.1 cm³/mol. The highest BCUT2D eigenvalue weighted by molar-refractivity contribution is 5.41. The summed E-state index contributed by atoms with van der Waals surface area (Å²) in [5.74, 6) is 0.713. The number of hydrogen-bond acceptors (Lipinski definition) is 4. The molecular formula is C13H21NO3. The van der Waals surface area contributed by atoms with E-state index in [-0.39, 0.29) is 5.75 Å². The number of hydrogen-bond donors (Lipinski definition) is 3. The van der Waals surface area contributed by atoms with Crippen LogP contribution in [0.5, 0.6) is 11.5 Å². The minimum absolute atomic E-state index is 0.0915. The number of aromatic hydroxyl groups is 1. The van der Waals surface area contributed by atoms with Gasteiger partial charge in [-0.15, -0.1) is 0 Å². The number of benzene rings is 1. The van der Waals surface area contributed by atoms with E-state index in [1.807, 2.05) is 0 Å². The summed E-state index contributed by atoms with van der Waals surface area (Å²) in [6.45, 7) is 2.06. The molecule has 0 aliphatic carbocycles. The molecule has 0 saturated heterocycles. The van der Waals surface area contributed by atoms with E-state index in [0.29, 0.717) is 17.7 Å². The van der Waals surface area contributed by atoms with E-state index >= 15 is 0 Å². The van der Waals surface area contributed by atoms with E-state index in [1.165, 1.54) is 6.07 Å². The Morgan fingerprint density at radius 2 is 2.12 bits per heavy atom. The Bertz CT molecular complexity index is 355. The first-order valence-electron chi connectivity index (χ1n) is 5.90. The van der Waals surface area contributed by atoms with Crippen molar-refractivity contribution in [2.24, 2.45) is 5.73 Å².